The van der Waals surface area contributed by atoms with E-state index in [1.807, 2.05) is 22.1 Å². The number of nitrogens with zero attached hydrogens (tertiary/aromatic N) is 4. The molecule has 1 fully saturated rings. The van der Waals surface area contributed by atoms with E-state index in [2.05, 4.69) is 87.5 Å². The molecule has 4 N–H and O–H groups in total. The van der Waals surface area contributed by atoms with Gasteiger partial charge in [0.2, 0.25) is 11.8 Å². The van der Waals surface area contributed by atoms with Gasteiger partial charge in [-0.05, 0) is 85.5 Å². The molecule has 13 heteroatoms. The second kappa shape index (κ2) is 15.3. The molecule has 5 aromatic rings. The summed E-state index contributed by atoms with van der Waals surface area (Å²) >= 11 is 0. The van der Waals surface area contributed by atoms with Gasteiger partial charge in [0, 0.05) is 23.0 Å². The van der Waals surface area contributed by atoms with Crippen LogP contribution in [0.5, 0.6) is 5.75 Å². The van der Waals surface area contributed by atoms with Gasteiger partial charge in [0.1, 0.15) is 30.5 Å². The van der Waals surface area contributed by atoms with Crippen molar-refractivity contribution in [2.75, 3.05) is 27.2 Å². The Balaban J connectivity index is 1.13. The molecule has 3 heterocycles. The van der Waals surface area contributed by atoms with Crippen molar-refractivity contribution in [1.82, 2.24) is 40.4 Å². The lowest BCUT2D eigenvalue weighted by molar-refractivity contribution is -0.134. The number of nitrogens with one attached hydrogen (secondary N) is 4. The van der Waals surface area contributed by atoms with Crippen molar-refractivity contribution in [3.63, 3.8) is 0 Å². The number of fused-ring (bicyclic) bond motifs is 6. The molecule has 1 aliphatic heterocycles. The summed E-state index contributed by atoms with van der Waals surface area (Å²) in [6.07, 6.45) is 5.09. The summed E-state index contributed by atoms with van der Waals surface area (Å²) in [5.74, 6) is 2.46. The van der Waals surface area contributed by atoms with E-state index in [0.717, 1.165) is 87.0 Å². The monoisotopic (exact) mass is 720 g/mol. The molecule has 7 rings (SSSR count). The molecule has 53 heavy (non-hydrogen) atoms. The fourth-order valence-corrected chi connectivity index (χ4v) is 7.76. The maximum atomic E-state index is 13.4. The summed E-state index contributed by atoms with van der Waals surface area (Å²) in [5.41, 5.74) is 6.80. The van der Waals surface area contributed by atoms with Crippen molar-refractivity contribution in [2.24, 2.45) is 5.92 Å². The first-order valence-electron chi connectivity index (χ1n) is 18.5. The van der Waals surface area contributed by atoms with Gasteiger partial charge in [-0.2, -0.15) is 0 Å². The zero-order chi connectivity index (χ0) is 37.2. The van der Waals surface area contributed by atoms with E-state index in [9.17, 15) is 14.4 Å². The van der Waals surface area contributed by atoms with Crippen molar-refractivity contribution in [3.8, 4) is 28.1 Å². The van der Waals surface area contributed by atoms with E-state index in [4.69, 9.17) is 9.72 Å². The fourth-order valence-electron chi connectivity index (χ4n) is 7.76. The predicted molar refractivity (Wildman–Crippen MR) is 203 cm³/mol. The first kappa shape index (κ1) is 36.0. The van der Waals surface area contributed by atoms with Gasteiger partial charge in [-0.1, -0.05) is 38.5 Å². The van der Waals surface area contributed by atoms with Gasteiger partial charge < -0.3 is 39.9 Å². The molecule has 3 amide bonds. The van der Waals surface area contributed by atoms with Crippen molar-refractivity contribution in [3.05, 3.63) is 65.9 Å². The summed E-state index contributed by atoms with van der Waals surface area (Å²) in [7, 11) is 3.06. The number of carbonyl (C=O) groups is 3. The molecule has 0 spiro atoms. The molecule has 3 aromatic carbocycles. The number of aromatic amines is 2. The SMILES string of the molecule is CC[C@H](C)N(Cc1ncc(-c2ccc3c(c2)COc2cc4c(ccc5nc(CN(C(=O)CNC(=O)OC)[C@H]6CCC[C@H]6C)[nH]c54)cc2-3)[nH]1)C(=O)CNC. The zero-order valence-corrected chi connectivity index (χ0v) is 31.0. The number of hydrogen-bond acceptors (Lipinski definition) is 8. The number of methoxy groups -OCH3 is 1. The van der Waals surface area contributed by atoms with E-state index >= 15 is 0 Å². The molecule has 0 bridgehead atoms. The van der Waals surface area contributed by atoms with Crippen molar-refractivity contribution >= 4 is 39.7 Å². The topological polar surface area (TPSA) is 158 Å². The highest BCUT2D eigenvalue weighted by molar-refractivity contribution is 6.07. The van der Waals surface area contributed by atoms with Crippen LogP contribution >= 0.6 is 0 Å². The molecule has 2 aliphatic rings. The van der Waals surface area contributed by atoms with Gasteiger partial charge in [-0.25, -0.2) is 14.8 Å². The van der Waals surface area contributed by atoms with Crippen molar-refractivity contribution in [1.29, 1.82) is 0 Å². The van der Waals surface area contributed by atoms with Gasteiger partial charge in [-0.3, -0.25) is 9.59 Å². The number of aromatic nitrogens is 4. The summed E-state index contributed by atoms with van der Waals surface area (Å²) < 4.78 is 11.0. The Morgan fingerprint density at radius 2 is 1.87 bits per heavy atom. The molecule has 13 nitrogen and oxygen atoms in total. The van der Waals surface area contributed by atoms with Crippen molar-refractivity contribution in [2.45, 2.75) is 78.2 Å². The number of carbonyl (C=O) groups excluding carboxylic acids is 3. The minimum Gasteiger partial charge on any atom is -0.488 e. The molecular formula is C40H48N8O5. The van der Waals surface area contributed by atoms with E-state index < -0.39 is 6.09 Å². The number of amides is 3. The molecule has 2 aromatic heterocycles. The van der Waals surface area contributed by atoms with E-state index in [1.54, 1.807) is 7.05 Å². The third-order valence-electron chi connectivity index (χ3n) is 10.9. The molecule has 1 aliphatic carbocycles. The van der Waals surface area contributed by atoms with Crippen LogP contribution in [0.2, 0.25) is 0 Å². The third-order valence-corrected chi connectivity index (χ3v) is 10.9. The van der Waals surface area contributed by atoms with Gasteiger partial charge in [0.15, 0.2) is 0 Å². The summed E-state index contributed by atoms with van der Waals surface area (Å²) in [6.45, 7) is 7.61. The lowest BCUT2D eigenvalue weighted by Gasteiger charge is -2.31. The highest BCUT2D eigenvalue weighted by atomic mass is 16.5. The van der Waals surface area contributed by atoms with Crippen LogP contribution in [-0.4, -0.2) is 87.0 Å². The molecule has 278 valence electrons. The van der Waals surface area contributed by atoms with Crippen LogP contribution in [0.4, 0.5) is 4.79 Å². The number of H-pyrrole nitrogens is 2. The van der Waals surface area contributed by atoms with E-state index in [-0.39, 0.29) is 37.0 Å². The van der Waals surface area contributed by atoms with Crippen LogP contribution in [-0.2, 0) is 34.0 Å². The Hall–Kier alpha value is -5.43. The van der Waals surface area contributed by atoms with Crippen LogP contribution in [0.25, 0.3) is 44.2 Å². The zero-order valence-electron chi connectivity index (χ0n) is 31.0. The average Bonchev–Trinajstić information content (AvgIpc) is 3.93. The first-order valence-corrected chi connectivity index (χ1v) is 18.5. The Bertz CT molecular complexity index is 2160. The highest BCUT2D eigenvalue weighted by Crippen LogP contribution is 2.42. The summed E-state index contributed by atoms with van der Waals surface area (Å²) in [5, 5.41) is 7.54. The second-order valence-corrected chi connectivity index (χ2v) is 14.3. The summed E-state index contributed by atoms with van der Waals surface area (Å²) in [6, 6.07) is 14.9. The lowest BCUT2D eigenvalue weighted by atomic mass is 9.92. The normalized spacial score (nSPS) is 16.8. The summed E-state index contributed by atoms with van der Waals surface area (Å²) in [4.78, 5) is 58.0. The quantitative estimate of drug-likeness (QED) is 0.124. The first-order chi connectivity index (χ1) is 25.7. The lowest BCUT2D eigenvalue weighted by Crippen LogP contribution is -2.46. The Morgan fingerprint density at radius 1 is 1.02 bits per heavy atom. The largest absolute Gasteiger partial charge is 0.488 e. The number of benzene rings is 3. The molecule has 0 radical (unpaired) electrons. The number of likely N-dealkylation sites (N-methyl/N-ethyl adjacent to an activating group) is 1. The van der Waals surface area contributed by atoms with Crippen LogP contribution in [0.15, 0.2) is 48.7 Å². The van der Waals surface area contributed by atoms with Gasteiger partial charge in [0.25, 0.3) is 0 Å². The van der Waals surface area contributed by atoms with E-state index in [1.165, 1.54) is 7.11 Å². The van der Waals surface area contributed by atoms with Crippen molar-refractivity contribution < 1.29 is 23.9 Å². The number of imidazole rings is 2. The number of hydrogen-bond donors (Lipinski definition) is 4. The average molecular weight is 721 g/mol. The molecule has 0 saturated heterocycles. The van der Waals surface area contributed by atoms with Crippen LogP contribution < -0.4 is 15.4 Å². The number of ether oxygens (including phenoxy) is 2. The minimum atomic E-state index is -0.631. The maximum absolute atomic E-state index is 13.4. The smallest absolute Gasteiger partial charge is 0.407 e. The van der Waals surface area contributed by atoms with Gasteiger partial charge in [0.05, 0.1) is 49.7 Å². The molecule has 3 atom stereocenters. The minimum absolute atomic E-state index is 0.0459. The molecule has 0 unspecified atom stereocenters. The third kappa shape index (κ3) is 7.30. The molecule has 1 saturated carbocycles. The highest BCUT2D eigenvalue weighted by Gasteiger charge is 2.33. The van der Waals surface area contributed by atoms with Crippen LogP contribution in [0.1, 0.15) is 63.7 Å². The standard InChI is InChI=1S/C40H48N8O5/c1-6-24(3)47(37(49)18-41-4)20-35-42-17-32(45-35)26-10-12-28-27(14-26)22-53-34-16-29-25(15-30(28)34)11-13-31-39(29)46-36(44-31)21-48(33-9-7-8-23(33)2)38(50)19-43-40(51)52-5/h10-17,23-24,33,41H,6-9,18-22H2,1-5H3,(H,42,45)(H,43,51)(H,44,46)/t23-,24+,33+/m1/s1. The second-order valence-electron chi connectivity index (χ2n) is 14.3. The number of rotatable bonds is 12. The maximum Gasteiger partial charge on any atom is 0.407 e. The van der Waals surface area contributed by atoms with Crippen LogP contribution in [0, 0.1) is 5.92 Å². The van der Waals surface area contributed by atoms with Gasteiger partial charge >= 0.3 is 6.09 Å². The van der Waals surface area contributed by atoms with Crippen LogP contribution in [0.3, 0.4) is 0 Å². The Labute approximate surface area is 308 Å². The molecular weight excluding hydrogens is 672 g/mol. The number of alkyl carbamates (subject to hydrolysis) is 1. The van der Waals surface area contributed by atoms with Gasteiger partial charge in [-0.15, -0.1) is 0 Å². The van der Waals surface area contributed by atoms with E-state index in [0.29, 0.717) is 31.4 Å². The Morgan fingerprint density at radius 3 is 2.62 bits per heavy atom. The fraction of sp³-hybridized carbons (Fsp3) is 0.425. The predicted octanol–water partition coefficient (Wildman–Crippen LogP) is 5.89. The Kier molecular flexibility index (Phi) is 10.4.